The number of oxime groups is 1. The highest BCUT2D eigenvalue weighted by Crippen LogP contribution is 2.37. The molecule has 0 fully saturated rings. The molecule has 0 aliphatic carbocycles. The number of halogens is 5. The van der Waals surface area contributed by atoms with Gasteiger partial charge in [0.1, 0.15) is 0 Å². The van der Waals surface area contributed by atoms with E-state index in [0.717, 1.165) is 0 Å². The summed E-state index contributed by atoms with van der Waals surface area (Å²) in [4.78, 5) is 21.2. The van der Waals surface area contributed by atoms with Crippen molar-refractivity contribution in [2.45, 2.75) is 6.18 Å². The zero-order valence-corrected chi connectivity index (χ0v) is 17.7. The van der Waals surface area contributed by atoms with E-state index < -0.39 is 24.5 Å². The molecule has 0 radical (unpaired) electrons. The molecule has 6 nitrogen and oxygen atoms in total. The summed E-state index contributed by atoms with van der Waals surface area (Å²) in [6.45, 7) is -1.01. The van der Waals surface area contributed by atoms with E-state index in [2.05, 4.69) is 35.9 Å². The standard InChI is InChI=1S/C20H12BrClF3N3O3/c21-10-1-3-12-14(7-10)27-18(15-6-9-5-11(22)2-4-13(9)26-15)17(12)19(20(23,24)25)28-31-8-16(29)30/h1-7,26-27H,8H2,(H,29,30). The van der Waals surface area contributed by atoms with Crippen molar-refractivity contribution in [1.82, 2.24) is 9.97 Å². The average molecular weight is 515 g/mol. The van der Waals surface area contributed by atoms with Crippen molar-refractivity contribution in [3.63, 3.8) is 0 Å². The lowest BCUT2D eigenvalue weighted by atomic mass is 10.0. The van der Waals surface area contributed by atoms with Gasteiger partial charge in [-0.2, -0.15) is 13.2 Å². The van der Waals surface area contributed by atoms with Crippen molar-refractivity contribution in [1.29, 1.82) is 0 Å². The van der Waals surface area contributed by atoms with Crippen LogP contribution in [-0.4, -0.2) is 39.5 Å². The van der Waals surface area contributed by atoms with Crippen LogP contribution in [-0.2, 0) is 9.63 Å². The molecule has 2 aromatic carbocycles. The fourth-order valence-electron chi connectivity index (χ4n) is 3.25. The molecule has 31 heavy (non-hydrogen) atoms. The lowest BCUT2D eigenvalue weighted by Gasteiger charge is -2.11. The van der Waals surface area contributed by atoms with E-state index in [-0.39, 0.29) is 16.6 Å². The highest BCUT2D eigenvalue weighted by Gasteiger charge is 2.41. The number of carbonyl (C=O) groups is 1. The maximum atomic E-state index is 14.0. The molecule has 0 saturated heterocycles. The number of hydrogen-bond acceptors (Lipinski definition) is 3. The second-order valence-corrected chi connectivity index (χ2v) is 7.94. The van der Waals surface area contributed by atoms with Crippen molar-refractivity contribution in [2.24, 2.45) is 5.16 Å². The van der Waals surface area contributed by atoms with E-state index in [4.69, 9.17) is 16.7 Å². The Labute approximate surface area is 185 Å². The van der Waals surface area contributed by atoms with Gasteiger partial charge >= 0.3 is 12.1 Å². The van der Waals surface area contributed by atoms with E-state index in [1.54, 1.807) is 36.4 Å². The van der Waals surface area contributed by atoms with Crippen molar-refractivity contribution in [3.8, 4) is 11.4 Å². The second-order valence-electron chi connectivity index (χ2n) is 6.58. The Morgan fingerprint density at radius 2 is 1.90 bits per heavy atom. The van der Waals surface area contributed by atoms with Gasteiger partial charge in [-0.05, 0) is 36.4 Å². The summed E-state index contributed by atoms with van der Waals surface area (Å²) in [5, 5.41) is 13.3. The molecule has 2 aromatic heterocycles. The third kappa shape index (κ3) is 4.26. The van der Waals surface area contributed by atoms with Crippen LogP contribution in [0.3, 0.4) is 0 Å². The third-order valence-electron chi connectivity index (χ3n) is 4.46. The van der Waals surface area contributed by atoms with Crippen LogP contribution in [0.5, 0.6) is 0 Å². The number of carboxylic acid groups (broad SMARTS) is 1. The largest absolute Gasteiger partial charge is 0.479 e. The lowest BCUT2D eigenvalue weighted by Crippen LogP contribution is -2.25. The Bertz CT molecular complexity index is 1340. The number of alkyl halides is 3. The summed E-state index contributed by atoms with van der Waals surface area (Å²) in [6.07, 6.45) is -4.91. The fourth-order valence-corrected chi connectivity index (χ4v) is 3.79. The average Bonchev–Trinajstić information content (AvgIpc) is 3.24. The Kier molecular flexibility index (Phi) is 5.44. The Morgan fingerprint density at radius 1 is 1.13 bits per heavy atom. The number of H-pyrrole nitrogens is 2. The van der Waals surface area contributed by atoms with E-state index >= 15 is 0 Å². The van der Waals surface area contributed by atoms with Crippen LogP contribution in [0.4, 0.5) is 13.2 Å². The van der Waals surface area contributed by atoms with Crippen molar-refractivity contribution < 1.29 is 27.9 Å². The molecule has 0 amide bonds. The number of benzene rings is 2. The van der Waals surface area contributed by atoms with Crippen LogP contribution in [0.25, 0.3) is 33.2 Å². The van der Waals surface area contributed by atoms with Crippen LogP contribution in [0, 0.1) is 0 Å². The van der Waals surface area contributed by atoms with Gasteiger partial charge in [-0.1, -0.05) is 38.8 Å². The molecule has 2 heterocycles. The van der Waals surface area contributed by atoms with Crippen LogP contribution < -0.4 is 0 Å². The van der Waals surface area contributed by atoms with Gasteiger partial charge in [0.15, 0.2) is 5.71 Å². The molecule has 0 bridgehead atoms. The van der Waals surface area contributed by atoms with Gasteiger partial charge < -0.3 is 19.9 Å². The molecule has 0 saturated carbocycles. The molecule has 4 rings (SSSR count). The van der Waals surface area contributed by atoms with Gasteiger partial charge in [-0.15, -0.1) is 0 Å². The predicted molar refractivity (Wildman–Crippen MR) is 114 cm³/mol. The molecule has 11 heteroatoms. The number of aromatic amines is 2. The molecule has 3 N–H and O–H groups in total. The Balaban J connectivity index is 1.98. The topological polar surface area (TPSA) is 90.5 Å². The molecule has 0 aliphatic rings. The molecular formula is C20H12BrClF3N3O3. The molecular weight excluding hydrogens is 503 g/mol. The van der Waals surface area contributed by atoms with Crippen molar-refractivity contribution in [3.05, 3.63) is 57.5 Å². The maximum absolute atomic E-state index is 14.0. The minimum absolute atomic E-state index is 0.121. The summed E-state index contributed by atoms with van der Waals surface area (Å²) in [6, 6.07) is 11.5. The lowest BCUT2D eigenvalue weighted by molar-refractivity contribution is -0.142. The number of hydrogen-bond donors (Lipinski definition) is 3. The number of aromatic nitrogens is 2. The Hall–Kier alpha value is -2.98. The fraction of sp³-hybridized carbons (Fsp3) is 0.100. The summed E-state index contributed by atoms with van der Waals surface area (Å²) in [7, 11) is 0. The van der Waals surface area contributed by atoms with Crippen LogP contribution in [0.2, 0.25) is 5.02 Å². The molecule has 160 valence electrons. The van der Waals surface area contributed by atoms with Crippen molar-refractivity contribution >= 4 is 61.0 Å². The Morgan fingerprint density at radius 3 is 2.61 bits per heavy atom. The number of fused-ring (bicyclic) bond motifs is 2. The summed E-state index contributed by atoms with van der Waals surface area (Å²) < 4.78 is 42.5. The highest BCUT2D eigenvalue weighted by molar-refractivity contribution is 9.10. The summed E-state index contributed by atoms with van der Waals surface area (Å²) in [5.74, 6) is -1.44. The van der Waals surface area contributed by atoms with Crippen LogP contribution in [0.15, 0.2) is 52.1 Å². The van der Waals surface area contributed by atoms with Crippen LogP contribution in [0.1, 0.15) is 5.56 Å². The van der Waals surface area contributed by atoms with Crippen molar-refractivity contribution in [2.75, 3.05) is 6.61 Å². The van der Waals surface area contributed by atoms with E-state index in [1.807, 2.05) is 0 Å². The number of nitrogens with zero attached hydrogens (tertiary/aromatic N) is 1. The van der Waals surface area contributed by atoms with Gasteiger partial charge in [0, 0.05) is 36.9 Å². The third-order valence-corrected chi connectivity index (χ3v) is 5.19. The van der Waals surface area contributed by atoms with E-state index in [0.29, 0.717) is 31.6 Å². The first kappa shape index (κ1) is 21.3. The molecule has 4 aromatic rings. The quantitative estimate of drug-likeness (QED) is 0.222. The SMILES string of the molecule is O=C(O)CON=C(c1c(-c2cc3cc(Cl)ccc3[nH]2)[nH]c2cc(Br)ccc12)C(F)(F)F. The first-order chi connectivity index (χ1) is 14.6. The first-order valence-corrected chi connectivity index (χ1v) is 9.90. The summed E-state index contributed by atoms with van der Waals surface area (Å²) in [5.41, 5.74) is -0.0266. The van der Waals surface area contributed by atoms with Gasteiger partial charge in [0.05, 0.1) is 11.4 Å². The minimum Gasteiger partial charge on any atom is -0.479 e. The van der Waals surface area contributed by atoms with Gasteiger partial charge in [0.25, 0.3) is 0 Å². The van der Waals surface area contributed by atoms with Gasteiger partial charge in [0.2, 0.25) is 6.61 Å². The molecule has 0 atom stereocenters. The number of nitrogens with one attached hydrogen (secondary N) is 2. The number of rotatable bonds is 5. The predicted octanol–water partition coefficient (Wildman–Crippen LogP) is 6.10. The zero-order valence-electron chi connectivity index (χ0n) is 15.3. The minimum atomic E-state index is -4.91. The maximum Gasteiger partial charge on any atom is 0.437 e. The van der Waals surface area contributed by atoms with Gasteiger partial charge in [-0.3, -0.25) is 0 Å². The monoisotopic (exact) mass is 513 g/mol. The summed E-state index contributed by atoms with van der Waals surface area (Å²) >= 11 is 9.33. The van der Waals surface area contributed by atoms with E-state index in [1.165, 1.54) is 6.07 Å². The normalized spacial score (nSPS) is 12.6. The molecule has 0 spiro atoms. The highest BCUT2D eigenvalue weighted by atomic mass is 79.9. The van der Waals surface area contributed by atoms with Crippen LogP contribution >= 0.6 is 27.5 Å². The molecule has 0 unspecified atom stereocenters. The zero-order chi connectivity index (χ0) is 22.3. The van der Waals surface area contributed by atoms with E-state index in [9.17, 15) is 18.0 Å². The number of carboxylic acids is 1. The smallest absolute Gasteiger partial charge is 0.437 e. The number of aliphatic carboxylic acids is 1. The molecule has 0 aliphatic heterocycles. The first-order valence-electron chi connectivity index (χ1n) is 8.72. The van der Waals surface area contributed by atoms with Gasteiger partial charge in [-0.25, -0.2) is 4.79 Å². The second kappa shape index (κ2) is 7.93.